The van der Waals surface area contributed by atoms with Gasteiger partial charge >= 0.3 is 0 Å². The van der Waals surface area contributed by atoms with Crippen molar-refractivity contribution >= 4 is 49.4 Å². The van der Waals surface area contributed by atoms with Crippen LogP contribution in [-0.2, 0) is 11.3 Å². The van der Waals surface area contributed by atoms with Crippen molar-refractivity contribution in [2.45, 2.75) is 13.5 Å². The van der Waals surface area contributed by atoms with Gasteiger partial charge in [-0.3, -0.25) is 9.59 Å². The number of carbonyl (C=O) groups excluding carboxylic acids is 1. The quantitative estimate of drug-likeness (QED) is 0.318. The molecule has 0 bridgehead atoms. The maximum Gasteiger partial charge on any atom is 0.291 e. The minimum atomic E-state index is -0.351. The second kappa shape index (κ2) is 9.00. The van der Waals surface area contributed by atoms with Crippen LogP contribution in [0.2, 0.25) is 0 Å². The third-order valence-corrected chi connectivity index (χ3v) is 7.49. The van der Waals surface area contributed by atoms with Gasteiger partial charge in [0, 0.05) is 15.6 Å². The number of nitrogens with zero attached hydrogens (tertiary/aromatic N) is 4. The standard InChI is InChI=1S/C27H19BrN4O3S/c1-2-35-19-11-8-17(9-12-19)24-29-27-32(30-24)26(34)23(36-27)22-20-14-18(28)10-13-21(20)31(25(22)33)15-16-6-4-3-5-7-16/h3-14H,2,15H2,1H3/b23-22-. The molecule has 5 aromatic rings. The highest BCUT2D eigenvalue weighted by atomic mass is 79.9. The highest BCUT2D eigenvalue weighted by Crippen LogP contribution is 2.38. The zero-order valence-corrected chi connectivity index (χ0v) is 21.5. The maximum atomic E-state index is 13.7. The van der Waals surface area contributed by atoms with Crippen LogP contribution in [0.15, 0.2) is 82.1 Å². The lowest BCUT2D eigenvalue weighted by molar-refractivity contribution is -0.113. The van der Waals surface area contributed by atoms with E-state index in [1.807, 2.05) is 79.7 Å². The van der Waals surface area contributed by atoms with Crippen molar-refractivity contribution in [2.75, 3.05) is 11.5 Å². The van der Waals surface area contributed by atoms with Crippen LogP contribution < -0.4 is 19.7 Å². The van der Waals surface area contributed by atoms with Crippen LogP contribution in [0, 0.1) is 0 Å². The molecule has 7 nitrogen and oxygen atoms in total. The van der Waals surface area contributed by atoms with Crippen LogP contribution >= 0.6 is 27.3 Å². The molecule has 0 aliphatic carbocycles. The molecule has 0 unspecified atom stereocenters. The van der Waals surface area contributed by atoms with E-state index in [1.54, 1.807) is 4.90 Å². The van der Waals surface area contributed by atoms with Crippen LogP contribution in [0.4, 0.5) is 5.69 Å². The Hall–Kier alpha value is -3.82. The first-order valence-electron chi connectivity index (χ1n) is 11.4. The van der Waals surface area contributed by atoms with Crippen molar-refractivity contribution in [3.63, 3.8) is 0 Å². The van der Waals surface area contributed by atoms with Crippen molar-refractivity contribution in [2.24, 2.45) is 0 Å². The Kier molecular flexibility index (Phi) is 5.66. The van der Waals surface area contributed by atoms with Crippen molar-refractivity contribution < 1.29 is 9.53 Å². The molecule has 178 valence electrons. The Morgan fingerprint density at radius 2 is 1.78 bits per heavy atom. The molecule has 1 aliphatic rings. The van der Waals surface area contributed by atoms with E-state index >= 15 is 0 Å². The monoisotopic (exact) mass is 558 g/mol. The minimum absolute atomic E-state index is 0.208. The topological polar surface area (TPSA) is 76.8 Å². The molecule has 0 atom stereocenters. The molecule has 0 saturated carbocycles. The van der Waals surface area contributed by atoms with Gasteiger partial charge in [-0.1, -0.05) is 57.6 Å². The number of fused-ring (bicyclic) bond motifs is 2. The summed E-state index contributed by atoms with van der Waals surface area (Å²) in [6.07, 6.45) is 0. The summed E-state index contributed by atoms with van der Waals surface area (Å²) in [5, 5.41) is 4.45. The van der Waals surface area contributed by atoms with Gasteiger partial charge in [0.05, 0.1) is 24.4 Å². The number of hydrogen-bond acceptors (Lipinski definition) is 6. The van der Waals surface area contributed by atoms with Gasteiger partial charge < -0.3 is 9.64 Å². The average molecular weight is 559 g/mol. The van der Waals surface area contributed by atoms with E-state index in [2.05, 4.69) is 26.0 Å². The molecule has 0 radical (unpaired) electrons. The van der Waals surface area contributed by atoms with Gasteiger partial charge in [0.1, 0.15) is 10.3 Å². The largest absolute Gasteiger partial charge is 0.494 e. The lowest BCUT2D eigenvalue weighted by atomic mass is 10.1. The molecular weight excluding hydrogens is 540 g/mol. The zero-order valence-electron chi connectivity index (χ0n) is 19.1. The number of thiazole rings is 1. The number of halogens is 1. The van der Waals surface area contributed by atoms with Crippen molar-refractivity contribution in [3.05, 3.63) is 103 Å². The van der Waals surface area contributed by atoms with Crippen LogP contribution in [0.25, 0.3) is 21.9 Å². The number of rotatable bonds is 5. The molecule has 0 spiro atoms. The summed E-state index contributed by atoms with van der Waals surface area (Å²) in [7, 11) is 0. The predicted molar refractivity (Wildman–Crippen MR) is 143 cm³/mol. The van der Waals surface area contributed by atoms with Gasteiger partial charge in [-0.15, -0.1) is 5.10 Å². The van der Waals surface area contributed by atoms with Gasteiger partial charge in [0.2, 0.25) is 4.96 Å². The SMILES string of the molecule is CCOc1ccc(-c2nc3s/c(=C4\C(=O)N(Cc5ccccc5)c5ccc(Br)cc54)c(=O)n3n2)cc1. The Morgan fingerprint density at radius 1 is 1.00 bits per heavy atom. The first-order chi connectivity index (χ1) is 17.5. The summed E-state index contributed by atoms with van der Waals surface area (Å²) in [5.74, 6) is 1.000. The molecule has 3 heterocycles. The molecule has 1 amide bonds. The Labute approximate surface area is 218 Å². The second-order valence-corrected chi connectivity index (χ2v) is 10.1. The first-order valence-corrected chi connectivity index (χ1v) is 13.0. The van der Waals surface area contributed by atoms with Gasteiger partial charge in [0.15, 0.2) is 5.82 Å². The van der Waals surface area contributed by atoms with E-state index < -0.39 is 0 Å². The molecular formula is C27H19BrN4O3S. The summed E-state index contributed by atoms with van der Waals surface area (Å²) in [5.41, 5.74) is 3.31. The second-order valence-electron chi connectivity index (χ2n) is 8.24. The number of ether oxygens (including phenoxy) is 1. The fraction of sp³-hybridized carbons (Fsp3) is 0.111. The number of carbonyl (C=O) groups is 1. The van der Waals surface area contributed by atoms with E-state index in [-0.39, 0.29) is 11.5 Å². The Morgan fingerprint density at radius 3 is 2.50 bits per heavy atom. The number of hydrogen-bond donors (Lipinski definition) is 0. The fourth-order valence-electron chi connectivity index (χ4n) is 4.32. The summed E-state index contributed by atoms with van der Waals surface area (Å²) < 4.78 is 7.94. The summed E-state index contributed by atoms with van der Waals surface area (Å²) in [6, 6.07) is 22.9. The smallest absolute Gasteiger partial charge is 0.291 e. The summed E-state index contributed by atoms with van der Waals surface area (Å²) in [6.45, 7) is 2.92. The van der Waals surface area contributed by atoms with Gasteiger partial charge in [-0.25, -0.2) is 0 Å². The Bertz CT molecular complexity index is 1730. The van der Waals surface area contributed by atoms with Crippen LogP contribution in [0.3, 0.4) is 0 Å². The van der Waals surface area contributed by atoms with Gasteiger partial charge in [-0.2, -0.15) is 9.50 Å². The molecule has 2 aromatic heterocycles. The van der Waals surface area contributed by atoms with E-state index in [9.17, 15) is 9.59 Å². The van der Waals surface area contributed by atoms with Crippen molar-refractivity contribution in [1.82, 2.24) is 14.6 Å². The van der Waals surface area contributed by atoms with Crippen LogP contribution in [-0.4, -0.2) is 27.1 Å². The lowest BCUT2D eigenvalue weighted by Crippen LogP contribution is -2.32. The third-order valence-electron chi connectivity index (χ3n) is 5.97. The number of amides is 1. The van der Waals surface area contributed by atoms with E-state index in [4.69, 9.17) is 4.74 Å². The highest BCUT2D eigenvalue weighted by Gasteiger charge is 2.34. The number of aromatic nitrogens is 3. The molecule has 1 aliphatic heterocycles. The molecule has 3 aromatic carbocycles. The third kappa shape index (κ3) is 3.81. The van der Waals surface area contributed by atoms with Gasteiger partial charge in [0.25, 0.3) is 11.5 Å². The van der Waals surface area contributed by atoms with Crippen molar-refractivity contribution in [3.8, 4) is 17.1 Å². The molecule has 0 saturated heterocycles. The van der Waals surface area contributed by atoms with E-state index in [0.29, 0.717) is 34.0 Å². The minimum Gasteiger partial charge on any atom is -0.494 e. The van der Waals surface area contributed by atoms with E-state index in [0.717, 1.165) is 32.6 Å². The van der Waals surface area contributed by atoms with Gasteiger partial charge in [-0.05, 0) is 55.0 Å². The molecule has 0 fully saturated rings. The number of anilines is 1. The maximum absolute atomic E-state index is 13.7. The molecule has 36 heavy (non-hydrogen) atoms. The molecule has 0 N–H and O–H groups in total. The average Bonchev–Trinajstić information content (AvgIpc) is 3.51. The summed E-state index contributed by atoms with van der Waals surface area (Å²) >= 11 is 4.69. The van der Waals surface area contributed by atoms with Crippen molar-refractivity contribution in [1.29, 1.82) is 0 Å². The lowest BCUT2D eigenvalue weighted by Gasteiger charge is -2.17. The summed E-state index contributed by atoms with van der Waals surface area (Å²) in [4.78, 5) is 33.9. The zero-order chi connectivity index (χ0) is 24.8. The number of benzene rings is 3. The Balaban J connectivity index is 1.46. The predicted octanol–water partition coefficient (Wildman–Crippen LogP) is 4.44. The van der Waals surface area contributed by atoms with Crippen LogP contribution in [0.5, 0.6) is 5.75 Å². The first kappa shape index (κ1) is 22.6. The fourth-order valence-corrected chi connectivity index (χ4v) is 5.68. The highest BCUT2D eigenvalue weighted by molar-refractivity contribution is 9.10. The molecule has 6 rings (SSSR count). The van der Waals surface area contributed by atoms with E-state index in [1.165, 1.54) is 15.9 Å². The van der Waals surface area contributed by atoms with Crippen LogP contribution in [0.1, 0.15) is 18.1 Å². The molecule has 9 heteroatoms. The normalized spacial score (nSPS) is 14.5.